The standard InChI is InChI=1S/C24H34N2O4S/c1-5-23(2,3)26-22(27)21-11-10-20-19-8-6-15-14-16(30-31(25,28)29)7-9-17(15)18(19)12-13-24(20,21)4/h7,9,11,14,18-20H,5-6,8,10,12-13H2,1-4H3,(H,26,27)(H2,25,28,29)/t18-,19-,20+,24+/m1/s1. The van der Waals surface area contributed by atoms with E-state index in [2.05, 4.69) is 39.1 Å². The highest BCUT2D eigenvalue weighted by atomic mass is 32.2. The fraction of sp³-hybridized carbons (Fsp3) is 0.625. The van der Waals surface area contributed by atoms with Gasteiger partial charge >= 0.3 is 10.3 Å². The fourth-order valence-electron chi connectivity index (χ4n) is 6.13. The van der Waals surface area contributed by atoms with Gasteiger partial charge in [0.1, 0.15) is 5.75 Å². The lowest BCUT2D eigenvalue weighted by molar-refractivity contribution is -0.120. The summed E-state index contributed by atoms with van der Waals surface area (Å²) in [4.78, 5) is 13.1. The third-order valence-corrected chi connectivity index (χ3v) is 8.50. The number of nitrogens with two attached hydrogens (primary N) is 1. The molecule has 0 bridgehead atoms. The molecule has 4 rings (SSSR count). The van der Waals surface area contributed by atoms with Crippen LogP contribution in [0.5, 0.6) is 5.75 Å². The van der Waals surface area contributed by atoms with Crippen LogP contribution in [0.25, 0.3) is 0 Å². The number of carbonyl (C=O) groups excluding carboxylic acids is 1. The molecule has 0 spiro atoms. The highest BCUT2D eigenvalue weighted by molar-refractivity contribution is 7.84. The highest BCUT2D eigenvalue weighted by Gasteiger charge is 2.53. The van der Waals surface area contributed by atoms with Crippen molar-refractivity contribution in [2.24, 2.45) is 22.4 Å². The molecule has 6 nitrogen and oxygen atoms in total. The third-order valence-electron chi connectivity index (χ3n) is 8.07. The molecule has 1 saturated carbocycles. The molecule has 1 amide bonds. The van der Waals surface area contributed by atoms with Gasteiger partial charge in [-0.15, -0.1) is 0 Å². The number of allylic oxidation sites excluding steroid dienone is 1. The highest BCUT2D eigenvalue weighted by Crippen LogP contribution is 2.61. The number of benzene rings is 1. The van der Waals surface area contributed by atoms with E-state index in [1.165, 1.54) is 5.56 Å². The van der Waals surface area contributed by atoms with Crippen LogP contribution < -0.4 is 14.6 Å². The van der Waals surface area contributed by atoms with Gasteiger partial charge in [0.15, 0.2) is 0 Å². The van der Waals surface area contributed by atoms with Crippen molar-refractivity contribution in [1.82, 2.24) is 5.32 Å². The second kappa shape index (κ2) is 7.62. The molecular weight excluding hydrogens is 412 g/mol. The zero-order valence-corrected chi connectivity index (χ0v) is 19.7. The van der Waals surface area contributed by atoms with E-state index in [0.29, 0.717) is 17.8 Å². The van der Waals surface area contributed by atoms with Crippen LogP contribution in [-0.2, 0) is 21.5 Å². The maximum atomic E-state index is 13.1. The Morgan fingerprint density at radius 3 is 2.74 bits per heavy atom. The quantitative estimate of drug-likeness (QED) is 0.715. The summed E-state index contributed by atoms with van der Waals surface area (Å²) in [5.41, 5.74) is 3.14. The van der Waals surface area contributed by atoms with E-state index in [1.54, 1.807) is 6.07 Å². The molecule has 7 heteroatoms. The van der Waals surface area contributed by atoms with Gasteiger partial charge < -0.3 is 9.50 Å². The van der Waals surface area contributed by atoms with Crippen molar-refractivity contribution in [1.29, 1.82) is 0 Å². The Labute approximate surface area is 185 Å². The Balaban J connectivity index is 1.55. The lowest BCUT2D eigenvalue weighted by Gasteiger charge is -2.50. The Hall–Kier alpha value is -1.86. The van der Waals surface area contributed by atoms with Crippen molar-refractivity contribution >= 4 is 16.2 Å². The topological polar surface area (TPSA) is 98.5 Å². The summed E-state index contributed by atoms with van der Waals surface area (Å²) in [5.74, 6) is 1.80. The van der Waals surface area contributed by atoms with E-state index in [-0.39, 0.29) is 22.6 Å². The molecule has 4 atom stereocenters. The van der Waals surface area contributed by atoms with Crippen LogP contribution in [0, 0.1) is 17.3 Å². The molecule has 170 valence electrons. The molecular formula is C24H34N2O4S. The van der Waals surface area contributed by atoms with Crippen LogP contribution in [0.2, 0.25) is 0 Å². The van der Waals surface area contributed by atoms with Gasteiger partial charge in [0.2, 0.25) is 5.91 Å². The van der Waals surface area contributed by atoms with E-state index in [0.717, 1.165) is 49.7 Å². The number of aryl methyl sites for hydroxylation is 1. The van der Waals surface area contributed by atoms with E-state index < -0.39 is 10.3 Å². The Kier molecular flexibility index (Phi) is 5.49. The molecule has 0 saturated heterocycles. The summed E-state index contributed by atoms with van der Waals surface area (Å²) in [7, 11) is -4.02. The van der Waals surface area contributed by atoms with Crippen molar-refractivity contribution in [3.05, 3.63) is 41.0 Å². The molecule has 0 aliphatic heterocycles. The van der Waals surface area contributed by atoms with Crippen LogP contribution in [-0.4, -0.2) is 19.9 Å². The van der Waals surface area contributed by atoms with Gasteiger partial charge in [-0.25, -0.2) is 0 Å². The van der Waals surface area contributed by atoms with Crippen molar-refractivity contribution < 1.29 is 17.4 Å². The van der Waals surface area contributed by atoms with Crippen LogP contribution >= 0.6 is 0 Å². The number of rotatable bonds is 5. The number of hydrogen-bond acceptors (Lipinski definition) is 4. The molecule has 0 heterocycles. The van der Waals surface area contributed by atoms with Crippen molar-refractivity contribution in [2.45, 2.75) is 77.7 Å². The van der Waals surface area contributed by atoms with Gasteiger partial charge in [-0.1, -0.05) is 26.0 Å². The average molecular weight is 447 g/mol. The van der Waals surface area contributed by atoms with Gasteiger partial charge in [0.05, 0.1) is 0 Å². The molecule has 3 aliphatic rings. The van der Waals surface area contributed by atoms with Gasteiger partial charge in [-0.3, -0.25) is 4.79 Å². The first-order chi connectivity index (χ1) is 14.4. The van der Waals surface area contributed by atoms with Gasteiger partial charge in [0, 0.05) is 16.5 Å². The summed E-state index contributed by atoms with van der Waals surface area (Å²) >= 11 is 0. The average Bonchev–Trinajstić information content (AvgIpc) is 3.03. The first-order valence-electron chi connectivity index (χ1n) is 11.3. The molecule has 1 fully saturated rings. The van der Waals surface area contributed by atoms with Gasteiger partial charge in [-0.2, -0.15) is 13.6 Å². The molecule has 31 heavy (non-hydrogen) atoms. The predicted molar refractivity (Wildman–Crippen MR) is 121 cm³/mol. The zero-order chi connectivity index (χ0) is 22.6. The number of hydrogen-bond donors (Lipinski definition) is 2. The lowest BCUT2D eigenvalue weighted by Crippen LogP contribution is -2.48. The lowest BCUT2D eigenvalue weighted by atomic mass is 9.54. The predicted octanol–water partition coefficient (Wildman–Crippen LogP) is 3.97. The van der Waals surface area contributed by atoms with Crippen LogP contribution in [0.1, 0.15) is 76.8 Å². The Morgan fingerprint density at radius 1 is 1.32 bits per heavy atom. The summed E-state index contributed by atoms with van der Waals surface area (Å²) in [6.07, 6.45) is 7.98. The first-order valence-corrected chi connectivity index (χ1v) is 12.8. The third kappa shape index (κ3) is 4.14. The minimum absolute atomic E-state index is 0.0801. The number of amides is 1. The minimum Gasteiger partial charge on any atom is -0.371 e. The molecule has 0 aromatic heterocycles. The number of carbonyl (C=O) groups is 1. The minimum atomic E-state index is -4.02. The van der Waals surface area contributed by atoms with E-state index in [4.69, 9.17) is 9.32 Å². The second-order valence-electron chi connectivity index (χ2n) is 10.4. The largest absolute Gasteiger partial charge is 0.380 e. The Morgan fingerprint density at radius 2 is 2.06 bits per heavy atom. The monoisotopic (exact) mass is 446 g/mol. The maximum Gasteiger partial charge on any atom is 0.380 e. The van der Waals surface area contributed by atoms with Crippen molar-refractivity contribution in [2.75, 3.05) is 0 Å². The molecule has 3 aliphatic carbocycles. The zero-order valence-electron chi connectivity index (χ0n) is 18.9. The van der Waals surface area contributed by atoms with Crippen LogP contribution in [0.3, 0.4) is 0 Å². The van der Waals surface area contributed by atoms with E-state index in [1.807, 2.05) is 12.1 Å². The van der Waals surface area contributed by atoms with Gasteiger partial charge in [-0.05, 0) is 93.4 Å². The Bertz CT molecular complexity index is 1030. The summed E-state index contributed by atoms with van der Waals surface area (Å²) < 4.78 is 27.4. The first kappa shape index (κ1) is 22.3. The number of nitrogens with one attached hydrogen (secondary N) is 1. The second-order valence-corrected chi connectivity index (χ2v) is 11.5. The SMILES string of the molecule is CCC(C)(C)NC(=O)C1=CC[C@H]2[C@@H]3CCc4cc(OS(N)(=O)=O)ccc4[C@H]3CC[C@]12C. The van der Waals surface area contributed by atoms with Gasteiger partial charge in [0.25, 0.3) is 0 Å². The van der Waals surface area contributed by atoms with Crippen LogP contribution in [0.4, 0.5) is 0 Å². The molecule has 1 aromatic carbocycles. The van der Waals surface area contributed by atoms with E-state index >= 15 is 0 Å². The molecule has 1 aromatic rings. The number of fused-ring (bicyclic) bond motifs is 5. The molecule has 3 N–H and O–H groups in total. The normalized spacial score (nSPS) is 30.0. The fourth-order valence-corrected chi connectivity index (χ4v) is 6.50. The maximum absolute atomic E-state index is 13.1. The summed E-state index contributed by atoms with van der Waals surface area (Å²) in [5, 5.41) is 8.26. The van der Waals surface area contributed by atoms with Crippen LogP contribution in [0.15, 0.2) is 29.8 Å². The molecule has 0 unspecified atom stereocenters. The summed E-state index contributed by atoms with van der Waals surface area (Å²) in [6.45, 7) is 8.52. The van der Waals surface area contributed by atoms with Crippen molar-refractivity contribution in [3.63, 3.8) is 0 Å². The smallest absolute Gasteiger partial charge is 0.371 e. The van der Waals surface area contributed by atoms with Crippen molar-refractivity contribution in [3.8, 4) is 5.75 Å². The van der Waals surface area contributed by atoms with E-state index in [9.17, 15) is 13.2 Å². The molecule has 0 radical (unpaired) electrons. The summed E-state index contributed by atoms with van der Waals surface area (Å²) in [6, 6.07) is 5.54.